The van der Waals surface area contributed by atoms with Gasteiger partial charge in [-0.2, -0.15) is 0 Å². The molecule has 0 bridgehead atoms. The molecule has 1 heterocycles. The van der Waals surface area contributed by atoms with Crippen LogP contribution in [0.3, 0.4) is 0 Å². The van der Waals surface area contributed by atoms with Crippen molar-refractivity contribution in [3.8, 4) is 5.75 Å². The van der Waals surface area contributed by atoms with E-state index in [0.717, 1.165) is 23.0 Å². The van der Waals surface area contributed by atoms with E-state index in [1.807, 2.05) is 12.1 Å². The molecule has 0 spiro atoms. The Labute approximate surface area is 97.3 Å². The minimum Gasteiger partial charge on any atom is -0.508 e. The van der Waals surface area contributed by atoms with Crippen molar-refractivity contribution < 1.29 is 10.2 Å². The molecule has 3 N–H and O–H groups in total. The summed E-state index contributed by atoms with van der Waals surface area (Å²) < 4.78 is 0.847. The van der Waals surface area contributed by atoms with Crippen LogP contribution in [0.15, 0.2) is 22.7 Å². The van der Waals surface area contributed by atoms with Crippen molar-refractivity contribution in [3.63, 3.8) is 0 Å². The average Bonchev–Trinajstić information content (AvgIpc) is 2.58. The van der Waals surface area contributed by atoms with Crippen LogP contribution in [0.1, 0.15) is 12.0 Å². The minimum absolute atomic E-state index is 0.240. The van der Waals surface area contributed by atoms with Crippen molar-refractivity contribution in [1.29, 1.82) is 0 Å². The molecule has 4 heteroatoms. The molecule has 0 aliphatic carbocycles. The summed E-state index contributed by atoms with van der Waals surface area (Å²) in [7, 11) is 0. The van der Waals surface area contributed by atoms with Gasteiger partial charge in [-0.15, -0.1) is 0 Å². The van der Waals surface area contributed by atoms with Crippen molar-refractivity contribution in [2.45, 2.75) is 18.4 Å². The number of benzene rings is 1. The Morgan fingerprint density at radius 2 is 2.27 bits per heavy atom. The largest absolute Gasteiger partial charge is 0.508 e. The molecule has 1 aliphatic rings. The number of aromatic hydroxyl groups is 1. The van der Waals surface area contributed by atoms with Crippen LogP contribution < -0.4 is 5.32 Å². The summed E-state index contributed by atoms with van der Waals surface area (Å²) in [5, 5.41) is 23.0. The van der Waals surface area contributed by atoms with E-state index in [1.165, 1.54) is 0 Å². The molecule has 0 radical (unpaired) electrons. The molecule has 2 rings (SSSR count). The van der Waals surface area contributed by atoms with Crippen molar-refractivity contribution in [1.82, 2.24) is 5.32 Å². The first-order chi connectivity index (χ1) is 7.09. The Hall–Kier alpha value is -0.580. The summed E-state index contributed by atoms with van der Waals surface area (Å²) in [4.78, 5) is 0. The summed E-state index contributed by atoms with van der Waals surface area (Å²) in [6, 6.07) is 5.37. The first-order valence-corrected chi connectivity index (χ1v) is 5.79. The van der Waals surface area contributed by atoms with Gasteiger partial charge in [0, 0.05) is 17.4 Å². The zero-order chi connectivity index (χ0) is 10.9. The van der Waals surface area contributed by atoms with E-state index in [2.05, 4.69) is 21.2 Å². The molecule has 1 aliphatic heterocycles. The van der Waals surface area contributed by atoms with Gasteiger partial charge in [0.1, 0.15) is 5.75 Å². The van der Waals surface area contributed by atoms with Crippen LogP contribution in [0.2, 0.25) is 0 Å². The molecule has 1 fully saturated rings. The number of phenolic OH excluding ortho intramolecular Hbond substituents is 1. The van der Waals surface area contributed by atoms with E-state index in [-0.39, 0.29) is 5.75 Å². The van der Waals surface area contributed by atoms with Gasteiger partial charge in [-0.25, -0.2) is 0 Å². The Kier molecular flexibility index (Phi) is 3.00. The number of nitrogens with one attached hydrogen (secondary N) is 1. The molecule has 1 atom stereocenters. The third-order valence-electron chi connectivity index (χ3n) is 2.79. The Morgan fingerprint density at radius 3 is 2.87 bits per heavy atom. The standard InChI is InChI=1S/C11H14BrNO2/c12-9-2-1-8(10(14)5-9)6-11(15)3-4-13-7-11/h1-2,5,13-15H,3-4,6-7H2. The summed E-state index contributed by atoms with van der Waals surface area (Å²) in [5.41, 5.74) is 0.0927. The van der Waals surface area contributed by atoms with Crippen LogP contribution >= 0.6 is 15.9 Å². The maximum Gasteiger partial charge on any atom is 0.119 e. The van der Waals surface area contributed by atoms with Gasteiger partial charge in [0.2, 0.25) is 0 Å². The van der Waals surface area contributed by atoms with Gasteiger partial charge >= 0.3 is 0 Å². The highest BCUT2D eigenvalue weighted by molar-refractivity contribution is 9.10. The lowest BCUT2D eigenvalue weighted by atomic mass is 9.93. The lowest BCUT2D eigenvalue weighted by molar-refractivity contribution is 0.0612. The monoisotopic (exact) mass is 271 g/mol. The quantitative estimate of drug-likeness (QED) is 0.763. The maximum atomic E-state index is 10.2. The van der Waals surface area contributed by atoms with Gasteiger partial charge in [-0.05, 0) is 30.7 Å². The van der Waals surface area contributed by atoms with Gasteiger partial charge in [0.05, 0.1) is 5.60 Å². The van der Waals surface area contributed by atoms with Gasteiger partial charge in [0.15, 0.2) is 0 Å². The highest BCUT2D eigenvalue weighted by atomic mass is 79.9. The van der Waals surface area contributed by atoms with Gasteiger partial charge < -0.3 is 15.5 Å². The summed E-state index contributed by atoms with van der Waals surface area (Å²) in [5.74, 6) is 0.240. The van der Waals surface area contributed by atoms with Crippen molar-refractivity contribution in [2.24, 2.45) is 0 Å². The zero-order valence-electron chi connectivity index (χ0n) is 8.33. The smallest absolute Gasteiger partial charge is 0.119 e. The van der Waals surface area contributed by atoms with E-state index in [4.69, 9.17) is 0 Å². The Balaban J connectivity index is 2.16. The van der Waals surface area contributed by atoms with Crippen LogP contribution in [-0.2, 0) is 6.42 Å². The van der Waals surface area contributed by atoms with Gasteiger partial charge in [-0.1, -0.05) is 22.0 Å². The fraction of sp³-hybridized carbons (Fsp3) is 0.455. The van der Waals surface area contributed by atoms with Crippen LogP contribution in [0, 0.1) is 0 Å². The molecule has 1 unspecified atom stereocenters. The first-order valence-electron chi connectivity index (χ1n) is 5.00. The first kappa shape index (κ1) is 10.9. The van der Waals surface area contributed by atoms with Crippen molar-refractivity contribution >= 4 is 15.9 Å². The van der Waals surface area contributed by atoms with E-state index in [0.29, 0.717) is 13.0 Å². The molecule has 0 aromatic heterocycles. The van der Waals surface area contributed by atoms with Crippen molar-refractivity contribution in [3.05, 3.63) is 28.2 Å². The molecular formula is C11H14BrNO2. The summed E-state index contributed by atoms with van der Waals surface area (Å²) in [6.45, 7) is 1.44. The highest BCUT2D eigenvalue weighted by Gasteiger charge is 2.31. The number of hydrogen-bond acceptors (Lipinski definition) is 3. The fourth-order valence-electron chi connectivity index (χ4n) is 1.92. The molecular weight excluding hydrogens is 258 g/mol. The predicted molar refractivity (Wildman–Crippen MR) is 61.9 cm³/mol. The predicted octanol–water partition coefficient (Wildman–Crippen LogP) is 1.42. The molecule has 1 aromatic rings. The van der Waals surface area contributed by atoms with Crippen LogP contribution in [0.4, 0.5) is 0 Å². The second-order valence-electron chi connectivity index (χ2n) is 4.10. The molecule has 1 saturated heterocycles. The van der Waals surface area contributed by atoms with Gasteiger partial charge in [-0.3, -0.25) is 0 Å². The number of rotatable bonds is 2. The Bertz CT molecular complexity index is 362. The second kappa shape index (κ2) is 4.12. The number of halogens is 1. The number of aliphatic hydroxyl groups is 1. The molecule has 3 nitrogen and oxygen atoms in total. The number of hydrogen-bond donors (Lipinski definition) is 3. The van der Waals surface area contributed by atoms with E-state index < -0.39 is 5.60 Å². The lowest BCUT2D eigenvalue weighted by Crippen LogP contribution is -2.33. The normalized spacial score (nSPS) is 25.7. The highest BCUT2D eigenvalue weighted by Crippen LogP contribution is 2.28. The molecule has 0 saturated carbocycles. The average molecular weight is 272 g/mol. The van der Waals surface area contributed by atoms with Crippen LogP contribution in [0.5, 0.6) is 5.75 Å². The zero-order valence-corrected chi connectivity index (χ0v) is 9.92. The molecule has 82 valence electrons. The second-order valence-corrected chi connectivity index (χ2v) is 5.02. The van der Waals surface area contributed by atoms with E-state index in [1.54, 1.807) is 6.07 Å². The number of phenols is 1. The fourth-order valence-corrected chi connectivity index (χ4v) is 2.27. The maximum absolute atomic E-state index is 10.2. The van der Waals surface area contributed by atoms with Crippen LogP contribution in [0.25, 0.3) is 0 Å². The summed E-state index contributed by atoms with van der Waals surface area (Å²) in [6.07, 6.45) is 1.24. The SMILES string of the molecule is Oc1cc(Br)ccc1CC1(O)CCNC1. The van der Waals surface area contributed by atoms with Crippen LogP contribution in [-0.4, -0.2) is 28.9 Å². The lowest BCUT2D eigenvalue weighted by Gasteiger charge is -2.21. The number of β-amino-alcohol motifs (C(OH)–C–C–N with tert-alkyl or cyclic N) is 1. The third-order valence-corrected chi connectivity index (χ3v) is 3.28. The summed E-state index contributed by atoms with van der Waals surface area (Å²) >= 11 is 3.29. The molecule has 15 heavy (non-hydrogen) atoms. The van der Waals surface area contributed by atoms with E-state index >= 15 is 0 Å². The molecule has 1 aromatic carbocycles. The van der Waals surface area contributed by atoms with E-state index in [9.17, 15) is 10.2 Å². The Morgan fingerprint density at radius 1 is 1.47 bits per heavy atom. The topological polar surface area (TPSA) is 52.5 Å². The van der Waals surface area contributed by atoms with Crippen molar-refractivity contribution in [2.75, 3.05) is 13.1 Å². The molecule has 0 amide bonds. The third kappa shape index (κ3) is 2.51. The van der Waals surface area contributed by atoms with Gasteiger partial charge in [0.25, 0.3) is 0 Å². The minimum atomic E-state index is -0.703.